The van der Waals surface area contributed by atoms with E-state index in [2.05, 4.69) is 0 Å². The van der Waals surface area contributed by atoms with Gasteiger partial charge in [-0.25, -0.2) is 0 Å². The van der Waals surface area contributed by atoms with Crippen LogP contribution in [0.25, 0.3) is 0 Å². The summed E-state index contributed by atoms with van der Waals surface area (Å²) < 4.78 is 0. The van der Waals surface area contributed by atoms with Crippen molar-refractivity contribution in [2.24, 2.45) is 0 Å². The molecule has 0 unspecified atom stereocenters. The molecule has 0 atom stereocenters. The van der Waals surface area contributed by atoms with Gasteiger partial charge in [0.05, 0.1) is 0 Å². The Kier molecular flexibility index (Phi) is 27.4. The van der Waals surface area contributed by atoms with Gasteiger partial charge in [0.25, 0.3) is 0 Å². The second kappa shape index (κ2) is 16.3. The Balaban J connectivity index is -0.000000245. The van der Waals surface area contributed by atoms with Crippen molar-refractivity contribution < 1.29 is 10.2 Å². The van der Waals surface area contributed by atoms with Crippen molar-refractivity contribution in [3.05, 3.63) is 0 Å². The van der Waals surface area contributed by atoms with Crippen molar-refractivity contribution >= 4 is 21.6 Å². The predicted molar refractivity (Wildman–Crippen MR) is 46.6 cm³/mol. The zero-order valence-corrected chi connectivity index (χ0v) is 8.09. The Hall–Kier alpha value is 0.540. The van der Waals surface area contributed by atoms with Crippen molar-refractivity contribution in [3.8, 4) is 0 Å². The summed E-state index contributed by atoms with van der Waals surface area (Å²) in [5, 5.41) is 19.6. The normalized spacial score (nSPS) is 7.80. The van der Waals surface area contributed by atoms with E-state index < -0.39 is 0 Å². The first-order valence-electron chi connectivity index (χ1n) is 2.32. The Morgan fingerprint density at radius 2 is 1.10 bits per heavy atom. The smallest absolute Gasteiger partial charge is 0.0117 e. The number of hydrogen-bond acceptors (Lipinski definition) is 4. The fourth-order valence-corrected chi connectivity index (χ4v) is 1.67. The number of hydrogen-bond donors (Lipinski definition) is 2. The molecule has 0 bridgehead atoms. The summed E-state index contributed by atoms with van der Waals surface area (Å²) in [6, 6.07) is 0. The maximum atomic E-state index is 9.78. The summed E-state index contributed by atoms with van der Waals surface area (Å²) in [6.45, 7) is -0.0902. The van der Waals surface area contributed by atoms with E-state index in [1.54, 1.807) is 0 Å². The first-order valence-corrected chi connectivity index (χ1v) is 4.81. The second-order valence-corrected chi connectivity index (χ2v) is 3.75. The highest BCUT2D eigenvalue weighted by molar-refractivity contribution is 8.76. The lowest BCUT2D eigenvalue weighted by atomic mass is 10.9. The third-order valence-corrected chi connectivity index (χ3v) is 2.75. The molecule has 0 aromatic heterocycles. The quantitative estimate of drug-likeness (QED) is 0.460. The Morgan fingerprint density at radius 3 is 1.30 bits per heavy atom. The average molecular weight is 188 g/mol. The molecule has 8 N–H and O–H groups in total. The molecule has 0 saturated heterocycles. The standard InChI is InChI=1S/C4H8O2S2.2H3N/c5-1-3-7-8-4-2-6;;/h1-4H2;2*1H3/q-2;;/p+2. The molecule has 0 aromatic carbocycles. The van der Waals surface area contributed by atoms with Crippen molar-refractivity contribution in [2.75, 3.05) is 24.7 Å². The monoisotopic (exact) mass is 188 g/mol. The van der Waals surface area contributed by atoms with E-state index in [1.807, 2.05) is 0 Å². The first kappa shape index (κ1) is 16.9. The molecule has 10 heavy (non-hydrogen) atoms. The molecule has 0 rings (SSSR count). The van der Waals surface area contributed by atoms with Crippen LogP contribution in [-0.4, -0.2) is 24.7 Å². The van der Waals surface area contributed by atoms with Gasteiger partial charge < -0.3 is 22.5 Å². The van der Waals surface area contributed by atoms with Crippen molar-refractivity contribution in [2.45, 2.75) is 0 Å². The van der Waals surface area contributed by atoms with Gasteiger partial charge in [0.1, 0.15) is 0 Å². The Bertz CT molecular complexity index is 44.2. The molecule has 66 valence electrons. The van der Waals surface area contributed by atoms with Crippen LogP contribution in [0, 0.1) is 0 Å². The first-order chi connectivity index (χ1) is 3.91. The lowest BCUT2D eigenvalue weighted by Crippen LogP contribution is -2.08. The van der Waals surface area contributed by atoms with Gasteiger partial charge in [-0.05, 0) is 11.5 Å². The highest BCUT2D eigenvalue weighted by atomic mass is 33.1. The maximum absolute atomic E-state index is 9.78. The molecule has 6 heteroatoms. The zero-order valence-electron chi connectivity index (χ0n) is 6.46. The Morgan fingerprint density at radius 1 is 0.800 bits per heavy atom. The van der Waals surface area contributed by atoms with Gasteiger partial charge in [-0.3, -0.25) is 0 Å². The molecular formula is C4H16N2O2S2. The topological polar surface area (TPSA) is 119 Å². The highest BCUT2D eigenvalue weighted by Crippen LogP contribution is 2.18. The van der Waals surface area contributed by atoms with Crippen LogP contribution in [0.3, 0.4) is 0 Å². The highest BCUT2D eigenvalue weighted by Gasteiger charge is 1.79. The van der Waals surface area contributed by atoms with Gasteiger partial charge in [-0.2, -0.15) is 0 Å². The fourth-order valence-electron chi connectivity index (χ4n) is 0.186. The molecule has 0 spiro atoms. The van der Waals surface area contributed by atoms with Gasteiger partial charge in [0.15, 0.2) is 0 Å². The van der Waals surface area contributed by atoms with Crippen LogP contribution < -0.4 is 22.5 Å². The number of quaternary nitrogens is 2. The minimum atomic E-state index is -0.0451. The third kappa shape index (κ3) is 15.8. The fraction of sp³-hybridized carbons (Fsp3) is 1.00. The minimum absolute atomic E-state index is 0. The van der Waals surface area contributed by atoms with E-state index in [9.17, 15) is 10.2 Å². The van der Waals surface area contributed by atoms with Gasteiger partial charge in [-0.1, -0.05) is 21.6 Å². The van der Waals surface area contributed by atoms with E-state index in [0.717, 1.165) is 0 Å². The van der Waals surface area contributed by atoms with Crippen LogP contribution in [0.2, 0.25) is 0 Å². The van der Waals surface area contributed by atoms with E-state index in [0.29, 0.717) is 11.5 Å². The largest absolute Gasteiger partial charge is 0.854 e. The van der Waals surface area contributed by atoms with E-state index in [4.69, 9.17) is 0 Å². The van der Waals surface area contributed by atoms with Gasteiger partial charge >= 0.3 is 0 Å². The summed E-state index contributed by atoms with van der Waals surface area (Å²) in [5.74, 6) is 1.23. The van der Waals surface area contributed by atoms with Crippen LogP contribution in [0.4, 0.5) is 0 Å². The van der Waals surface area contributed by atoms with E-state index >= 15 is 0 Å². The molecule has 0 aliphatic carbocycles. The van der Waals surface area contributed by atoms with Crippen LogP contribution in [0.5, 0.6) is 0 Å². The summed E-state index contributed by atoms with van der Waals surface area (Å²) >= 11 is 0. The molecule has 0 saturated carbocycles. The summed E-state index contributed by atoms with van der Waals surface area (Å²) in [7, 11) is 2.96. The average Bonchev–Trinajstić information content (AvgIpc) is 1.81. The zero-order chi connectivity index (χ0) is 6.24. The van der Waals surface area contributed by atoms with Gasteiger partial charge in [-0.15, -0.1) is 13.2 Å². The predicted octanol–water partition coefficient (Wildman–Crippen LogP) is -0.159. The summed E-state index contributed by atoms with van der Waals surface area (Å²) in [4.78, 5) is 0. The lowest BCUT2D eigenvalue weighted by molar-refractivity contribution is -0.360. The number of rotatable bonds is 5. The summed E-state index contributed by atoms with van der Waals surface area (Å²) in [5.41, 5.74) is 0. The van der Waals surface area contributed by atoms with E-state index in [1.165, 1.54) is 21.6 Å². The molecule has 0 amide bonds. The van der Waals surface area contributed by atoms with Gasteiger partial charge in [0, 0.05) is 0 Å². The molecule has 0 heterocycles. The van der Waals surface area contributed by atoms with Crippen LogP contribution in [0.15, 0.2) is 0 Å². The Labute approximate surface area is 69.3 Å². The second-order valence-electron chi connectivity index (χ2n) is 1.05. The molecule has 0 fully saturated rings. The molecule has 0 radical (unpaired) electrons. The minimum Gasteiger partial charge on any atom is -0.854 e. The molecule has 0 aliphatic rings. The SMILES string of the molecule is [NH4+].[NH4+].[O-]CCSSCC[O-]. The molecular weight excluding hydrogens is 172 g/mol. The van der Waals surface area contributed by atoms with Crippen molar-refractivity contribution in [1.82, 2.24) is 12.3 Å². The van der Waals surface area contributed by atoms with Crippen molar-refractivity contribution in [3.63, 3.8) is 0 Å². The molecule has 0 aromatic rings. The summed E-state index contributed by atoms with van der Waals surface area (Å²) in [6.07, 6.45) is 0. The lowest BCUT2D eigenvalue weighted by Gasteiger charge is -2.03. The van der Waals surface area contributed by atoms with E-state index in [-0.39, 0.29) is 25.5 Å². The van der Waals surface area contributed by atoms with Crippen LogP contribution >= 0.6 is 21.6 Å². The molecule has 4 nitrogen and oxygen atoms in total. The third-order valence-electron chi connectivity index (χ3n) is 0.417. The maximum Gasteiger partial charge on any atom is -0.0117 e. The van der Waals surface area contributed by atoms with Crippen LogP contribution in [0.1, 0.15) is 0 Å². The van der Waals surface area contributed by atoms with Crippen molar-refractivity contribution in [1.29, 1.82) is 0 Å². The molecule has 0 aliphatic heterocycles. The van der Waals surface area contributed by atoms with Crippen LogP contribution in [-0.2, 0) is 0 Å². The van der Waals surface area contributed by atoms with Gasteiger partial charge in [0.2, 0.25) is 0 Å².